The van der Waals surface area contributed by atoms with Crippen LogP contribution in [0.1, 0.15) is 24.9 Å². The van der Waals surface area contributed by atoms with Gasteiger partial charge in [0.1, 0.15) is 5.82 Å². The van der Waals surface area contributed by atoms with Crippen molar-refractivity contribution in [3.63, 3.8) is 0 Å². The van der Waals surface area contributed by atoms with Gasteiger partial charge in [-0.3, -0.25) is 4.90 Å². The third kappa shape index (κ3) is 4.47. The van der Waals surface area contributed by atoms with E-state index in [0.717, 1.165) is 4.90 Å². The second kappa shape index (κ2) is 6.34. The van der Waals surface area contributed by atoms with Crippen molar-refractivity contribution in [3.05, 3.63) is 35.6 Å². The van der Waals surface area contributed by atoms with E-state index in [1.165, 1.54) is 25.2 Å². The highest BCUT2D eigenvalue weighted by atomic mass is 19.4. The number of hydrogen-bond donors (Lipinski definition) is 1. The van der Waals surface area contributed by atoms with Gasteiger partial charge in [0.25, 0.3) is 0 Å². The Morgan fingerprint density at radius 2 is 1.84 bits per heavy atom. The van der Waals surface area contributed by atoms with E-state index in [0.29, 0.717) is 6.42 Å². The lowest BCUT2D eigenvalue weighted by molar-refractivity contribution is -0.148. The van der Waals surface area contributed by atoms with Crippen LogP contribution in [0, 0.1) is 5.82 Å². The molecule has 0 spiro atoms. The maximum atomic E-state index is 13.8. The standard InChI is InChI=1S/C13H18F4N2/c1-3-11(18)12(19(2)8-13(15,16)17)9-6-4-5-7-10(9)14/h4-7,11-12H,3,8,18H2,1-2H3. The average molecular weight is 278 g/mol. The summed E-state index contributed by atoms with van der Waals surface area (Å²) in [7, 11) is 1.31. The SMILES string of the molecule is CCC(N)C(c1ccccc1F)N(C)CC(F)(F)F. The lowest BCUT2D eigenvalue weighted by Gasteiger charge is -2.33. The number of likely N-dealkylation sites (N-methyl/N-ethyl adjacent to an activating group) is 1. The first-order valence-corrected chi connectivity index (χ1v) is 6.03. The second-order valence-electron chi connectivity index (χ2n) is 4.57. The minimum Gasteiger partial charge on any atom is -0.326 e. The first kappa shape index (κ1) is 15.9. The largest absolute Gasteiger partial charge is 0.401 e. The first-order chi connectivity index (χ1) is 8.76. The maximum absolute atomic E-state index is 13.8. The summed E-state index contributed by atoms with van der Waals surface area (Å²) in [5.41, 5.74) is 6.06. The van der Waals surface area contributed by atoms with Gasteiger partial charge in [-0.25, -0.2) is 4.39 Å². The fourth-order valence-electron chi connectivity index (χ4n) is 2.11. The molecule has 2 unspecified atom stereocenters. The van der Waals surface area contributed by atoms with Gasteiger partial charge in [0, 0.05) is 11.6 Å². The Bertz CT molecular complexity index is 406. The molecule has 0 heterocycles. The molecule has 0 bridgehead atoms. The van der Waals surface area contributed by atoms with E-state index in [9.17, 15) is 17.6 Å². The number of alkyl halides is 3. The molecule has 108 valence electrons. The zero-order chi connectivity index (χ0) is 14.6. The molecule has 0 amide bonds. The third-order valence-electron chi connectivity index (χ3n) is 3.00. The van der Waals surface area contributed by atoms with Crippen molar-refractivity contribution in [2.45, 2.75) is 31.6 Å². The second-order valence-corrected chi connectivity index (χ2v) is 4.57. The van der Waals surface area contributed by atoms with Crippen LogP contribution >= 0.6 is 0 Å². The van der Waals surface area contributed by atoms with Crippen LogP contribution < -0.4 is 5.73 Å². The van der Waals surface area contributed by atoms with Crippen LogP contribution in [-0.2, 0) is 0 Å². The predicted molar refractivity (Wildman–Crippen MR) is 66.1 cm³/mol. The van der Waals surface area contributed by atoms with Gasteiger partial charge in [0.2, 0.25) is 0 Å². The van der Waals surface area contributed by atoms with Crippen LogP contribution in [0.4, 0.5) is 17.6 Å². The summed E-state index contributed by atoms with van der Waals surface area (Å²) in [5.74, 6) is -0.537. The average Bonchev–Trinajstić information content (AvgIpc) is 2.29. The van der Waals surface area contributed by atoms with Crippen molar-refractivity contribution >= 4 is 0 Å². The predicted octanol–water partition coefficient (Wildman–Crippen LogP) is 3.10. The van der Waals surface area contributed by atoms with Crippen molar-refractivity contribution in [2.24, 2.45) is 5.73 Å². The molecule has 0 saturated carbocycles. The van der Waals surface area contributed by atoms with Gasteiger partial charge in [0.15, 0.2) is 0 Å². The molecule has 1 aromatic carbocycles. The quantitative estimate of drug-likeness (QED) is 0.839. The Hall–Kier alpha value is -1.14. The minimum atomic E-state index is -4.34. The van der Waals surface area contributed by atoms with Crippen LogP contribution in [-0.4, -0.2) is 30.7 Å². The smallest absolute Gasteiger partial charge is 0.326 e. The Kier molecular flexibility index (Phi) is 5.31. The molecular formula is C13H18F4N2. The summed E-state index contributed by atoms with van der Waals surface area (Å²) in [6.07, 6.45) is -3.88. The normalized spacial score (nSPS) is 15.6. The van der Waals surface area contributed by atoms with Crippen molar-refractivity contribution < 1.29 is 17.6 Å². The number of rotatable bonds is 5. The van der Waals surface area contributed by atoms with Gasteiger partial charge in [0.05, 0.1) is 12.6 Å². The molecule has 2 atom stereocenters. The van der Waals surface area contributed by atoms with Crippen LogP contribution in [0.3, 0.4) is 0 Å². The zero-order valence-electron chi connectivity index (χ0n) is 10.9. The van der Waals surface area contributed by atoms with Gasteiger partial charge in [-0.05, 0) is 19.5 Å². The molecule has 19 heavy (non-hydrogen) atoms. The van der Waals surface area contributed by atoms with Crippen molar-refractivity contribution in [2.75, 3.05) is 13.6 Å². The summed E-state index contributed by atoms with van der Waals surface area (Å²) >= 11 is 0. The fourth-order valence-corrected chi connectivity index (χ4v) is 2.11. The Morgan fingerprint density at radius 1 is 1.26 bits per heavy atom. The van der Waals surface area contributed by atoms with Gasteiger partial charge in [-0.15, -0.1) is 0 Å². The molecule has 1 rings (SSSR count). The molecule has 6 heteroatoms. The van der Waals surface area contributed by atoms with Gasteiger partial charge in [-0.2, -0.15) is 13.2 Å². The molecular weight excluding hydrogens is 260 g/mol. The number of nitrogens with two attached hydrogens (primary N) is 1. The van der Waals surface area contributed by atoms with E-state index < -0.39 is 30.6 Å². The van der Waals surface area contributed by atoms with Gasteiger partial charge >= 0.3 is 6.18 Å². The molecule has 0 aliphatic rings. The molecule has 0 aromatic heterocycles. The van der Waals surface area contributed by atoms with Crippen LogP contribution in [0.5, 0.6) is 0 Å². The van der Waals surface area contributed by atoms with Crippen LogP contribution in [0.2, 0.25) is 0 Å². The molecule has 2 nitrogen and oxygen atoms in total. The van der Waals surface area contributed by atoms with E-state index in [2.05, 4.69) is 0 Å². The lowest BCUT2D eigenvalue weighted by atomic mass is 9.96. The Labute approximate surface area is 110 Å². The van der Waals surface area contributed by atoms with E-state index in [-0.39, 0.29) is 5.56 Å². The van der Waals surface area contributed by atoms with Crippen molar-refractivity contribution in [1.82, 2.24) is 4.90 Å². The summed E-state index contributed by atoms with van der Waals surface area (Å²) in [4.78, 5) is 1.05. The summed E-state index contributed by atoms with van der Waals surface area (Å²) in [5, 5.41) is 0. The highest BCUT2D eigenvalue weighted by Crippen LogP contribution is 2.29. The number of benzene rings is 1. The van der Waals surface area contributed by atoms with E-state index >= 15 is 0 Å². The first-order valence-electron chi connectivity index (χ1n) is 6.03. The summed E-state index contributed by atoms with van der Waals surface area (Å²) in [6.45, 7) is 0.639. The molecule has 0 aliphatic carbocycles. The lowest BCUT2D eigenvalue weighted by Crippen LogP contribution is -2.43. The number of hydrogen-bond acceptors (Lipinski definition) is 2. The Balaban J connectivity index is 3.05. The van der Waals surface area contributed by atoms with E-state index in [1.807, 2.05) is 0 Å². The number of halogens is 4. The zero-order valence-corrected chi connectivity index (χ0v) is 10.9. The third-order valence-corrected chi connectivity index (χ3v) is 3.00. The summed E-state index contributed by atoms with van der Waals surface area (Å²) in [6, 6.07) is 4.43. The van der Waals surface area contributed by atoms with Crippen LogP contribution in [0.25, 0.3) is 0 Å². The molecule has 0 radical (unpaired) electrons. The van der Waals surface area contributed by atoms with E-state index in [4.69, 9.17) is 5.73 Å². The fraction of sp³-hybridized carbons (Fsp3) is 0.538. The molecule has 0 saturated heterocycles. The van der Waals surface area contributed by atoms with Crippen LogP contribution in [0.15, 0.2) is 24.3 Å². The van der Waals surface area contributed by atoms with Crippen molar-refractivity contribution in [3.8, 4) is 0 Å². The monoisotopic (exact) mass is 278 g/mol. The highest BCUT2D eigenvalue weighted by molar-refractivity contribution is 5.22. The molecule has 0 aliphatic heterocycles. The van der Waals surface area contributed by atoms with Crippen molar-refractivity contribution in [1.29, 1.82) is 0 Å². The topological polar surface area (TPSA) is 29.3 Å². The summed E-state index contributed by atoms with van der Waals surface area (Å²) < 4.78 is 51.2. The van der Waals surface area contributed by atoms with E-state index in [1.54, 1.807) is 13.0 Å². The maximum Gasteiger partial charge on any atom is 0.401 e. The number of nitrogens with zero attached hydrogens (tertiary/aromatic N) is 1. The minimum absolute atomic E-state index is 0.198. The van der Waals surface area contributed by atoms with Gasteiger partial charge in [-0.1, -0.05) is 25.1 Å². The highest BCUT2D eigenvalue weighted by Gasteiger charge is 2.35. The molecule has 1 aromatic rings. The molecule has 2 N–H and O–H groups in total. The Morgan fingerprint density at radius 3 is 2.32 bits per heavy atom. The van der Waals surface area contributed by atoms with Gasteiger partial charge < -0.3 is 5.73 Å². The molecule has 0 fully saturated rings.